The van der Waals surface area contributed by atoms with Crippen molar-refractivity contribution in [2.45, 2.75) is 18.9 Å². The zero-order valence-electron chi connectivity index (χ0n) is 11.3. The third kappa shape index (κ3) is 3.20. The van der Waals surface area contributed by atoms with Gasteiger partial charge >= 0.3 is 0 Å². The lowest BCUT2D eigenvalue weighted by atomic mass is 10.1. The number of tetrazole rings is 1. The van der Waals surface area contributed by atoms with Crippen molar-refractivity contribution in [2.75, 3.05) is 13.1 Å². The van der Waals surface area contributed by atoms with Crippen molar-refractivity contribution in [3.63, 3.8) is 0 Å². The van der Waals surface area contributed by atoms with Crippen molar-refractivity contribution in [3.05, 3.63) is 35.1 Å². The van der Waals surface area contributed by atoms with Gasteiger partial charge in [-0.15, -0.1) is 5.10 Å². The van der Waals surface area contributed by atoms with Crippen molar-refractivity contribution in [1.82, 2.24) is 30.8 Å². The molecular formula is C13H15ClN6O. The van der Waals surface area contributed by atoms with Crippen LogP contribution < -0.4 is 10.6 Å². The number of piperidine rings is 1. The summed E-state index contributed by atoms with van der Waals surface area (Å²) in [5, 5.41) is 17.6. The third-order valence-corrected chi connectivity index (χ3v) is 3.76. The molecule has 2 heterocycles. The van der Waals surface area contributed by atoms with E-state index >= 15 is 0 Å². The van der Waals surface area contributed by atoms with Crippen molar-refractivity contribution in [3.8, 4) is 5.69 Å². The van der Waals surface area contributed by atoms with Gasteiger partial charge in [-0.25, -0.2) is 4.68 Å². The lowest BCUT2D eigenvalue weighted by Gasteiger charge is -2.24. The number of amides is 1. The summed E-state index contributed by atoms with van der Waals surface area (Å²) in [6.45, 7) is 1.81. The molecule has 2 N–H and O–H groups in total. The van der Waals surface area contributed by atoms with Gasteiger partial charge in [0.1, 0.15) is 6.33 Å². The molecule has 0 aliphatic carbocycles. The molecule has 1 atom stereocenters. The minimum Gasteiger partial charge on any atom is -0.348 e. The summed E-state index contributed by atoms with van der Waals surface area (Å²) in [7, 11) is 0. The lowest BCUT2D eigenvalue weighted by Crippen LogP contribution is -2.45. The maximum atomic E-state index is 12.3. The van der Waals surface area contributed by atoms with Gasteiger partial charge in [-0.05, 0) is 48.0 Å². The van der Waals surface area contributed by atoms with Crippen LogP contribution in [-0.2, 0) is 0 Å². The largest absolute Gasteiger partial charge is 0.348 e. The van der Waals surface area contributed by atoms with Crippen molar-refractivity contribution >= 4 is 17.5 Å². The highest BCUT2D eigenvalue weighted by Crippen LogP contribution is 2.20. The summed E-state index contributed by atoms with van der Waals surface area (Å²) < 4.78 is 1.48. The molecule has 110 valence electrons. The second-order valence-electron chi connectivity index (χ2n) is 4.94. The van der Waals surface area contributed by atoms with E-state index in [1.807, 2.05) is 0 Å². The average Bonchev–Trinajstić information content (AvgIpc) is 3.02. The number of aromatic nitrogens is 4. The van der Waals surface area contributed by atoms with Crippen LogP contribution in [0.4, 0.5) is 0 Å². The molecule has 21 heavy (non-hydrogen) atoms. The quantitative estimate of drug-likeness (QED) is 0.876. The van der Waals surface area contributed by atoms with E-state index < -0.39 is 0 Å². The molecule has 0 radical (unpaired) electrons. The fourth-order valence-corrected chi connectivity index (χ4v) is 2.61. The molecule has 0 spiro atoms. The van der Waals surface area contributed by atoms with E-state index in [1.165, 1.54) is 11.0 Å². The summed E-state index contributed by atoms with van der Waals surface area (Å²) in [6.07, 6.45) is 3.52. The Morgan fingerprint density at radius 1 is 1.48 bits per heavy atom. The fraction of sp³-hybridized carbons (Fsp3) is 0.385. The second-order valence-corrected chi connectivity index (χ2v) is 5.34. The monoisotopic (exact) mass is 306 g/mol. The van der Waals surface area contributed by atoms with Gasteiger partial charge in [-0.1, -0.05) is 11.6 Å². The molecule has 3 rings (SSSR count). The highest BCUT2D eigenvalue weighted by atomic mass is 35.5. The van der Waals surface area contributed by atoms with Gasteiger partial charge in [0, 0.05) is 12.6 Å². The van der Waals surface area contributed by atoms with Gasteiger partial charge in [-0.3, -0.25) is 4.79 Å². The highest BCUT2D eigenvalue weighted by Gasteiger charge is 2.18. The van der Waals surface area contributed by atoms with Crippen LogP contribution in [-0.4, -0.2) is 45.2 Å². The minimum absolute atomic E-state index is 0.154. The minimum atomic E-state index is -0.156. The first-order chi connectivity index (χ1) is 10.2. The van der Waals surface area contributed by atoms with E-state index in [9.17, 15) is 4.79 Å². The van der Waals surface area contributed by atoms with Crippen LogP contribution in [0.1, 0.15) is 23.2 Å². The molecule has 1 amide bonds. The number of hydrogen-bond donors (Lipinski definition) is 2. The normalized spacial score (nSPS) is 18.4. The van der Waals surface area contributed by atoms with Crippen molar-refractivity contribution < 1.29 is 4.79 Å². The molecule has 1 fully saturated rings. The van der Waals surface area contributed by atoms with E-state index in [0.717, 1.165) is 25.9 Å². The number of nitrogens with one attached hydrogen (secondary N) is 2. The number of carbonyl (C=O) groups excluding carboxylic acids is 1. The van der Waals surface area contributed by atoms with Gasteiger partial charge < -0.3 is 10.6 Å². The van der Waals surface area contributed by atoms with Gasteiger partial charge in [0.2, 0.25) is 0 Å². The van der Waals surface area contributed by atoms with Crippen molar-refractivity contribution in [2.24, 2.45) is 0 Å². The van der Waals surface area contributed by atoms with E-state index in [2.05, 4.69) is 26.2 Å². The summed E-state index contributed by atoms with van der Waals surface area (Å²) in [4.78, 5) is 12.3. The van der Waals surface area contributed by atoms with E-state index in [4.69, 9.17) is 11.6 Å². The Labute approximate surface area is 126 Å². The van der Waals surface area contributed by atoms with Crippen molar-refractivity contribution in [1.29, 1.82) is 0 Å². The molecule has 8 heteroatoms. The van der Waals surface area contributed by atoms with Crippen LogP contribution in [0.2, 0.25) is 5.02 Å². The molecule has 0 saturated carbocycles. The van der Waals surface area contributed by atoms with Gasteiger partial charge in [0.25, 0.3) is 5.91 Å². The average molecular weight is 307 g/mol. The molecule has 1 aromatic heterocycles. The van der Waals surface area contributed by atoms with Crippen LogP contribution in [0.15, 0.2) is 24.5 Å². The zero-order valence-corrected chi connectivity index (χ0v) is 12.0. The Morgan fingerprint density at radius 3 is 3.05 bits per heavy atom. The standard InChI is InChI=1S/C13H15ClN6O/c14-12-6-10(20-8-16-18-19-20)3-4-11(12)13(21)17-9-2-1-5-15-7-9/h3-4,6,8-9,15H,1-2,5,7H2,(H,17,21)/t9-/m0/s1. The predicted octanol–water partition coefficient (Wildman–Crippen LogP) is 0.797. The molecule has 0 bridgehead atoms. The fourth-order valence-electron chi connectivity index (χ4n) is 2.35. The number of rotatable bonds is 3. The van der Waals surface area contributed by atoms with E-state index in [1.54, 1.807) is 18.2 Å². The number of benzene rings is 1. The van der Waals surface area contributed by atoms with Crippen LogP contribution in [0.5, 0.6) is 0 Å². The lowest BCUT2D eigenvalue weighted by molar-refractivity contribution is 0.0931. The molecular weight excluding hydrogens is 292 g/mol. The van der Waals surface area contributed by atoms with Gasteiger partial charge in [0.15, 0.2) is 0 Å². The molecule has 7 nitrogen and oxygen atoms in total. The van der Waals surface area contributed by atoms with Crippen LogP contribution in [0, 0.1) is 0 Å². The number of carbonyl (C=O) groups is 1. The first-order valence-corrected chi connectivity index (χ1v) is 7.16. The number of halogens is 1. The second kappa shape index (κ2) is 6.19. The molecule has 0 unspecified atom stereocenters. The maximum Gasteiger partial charge on any atom is 0.253 e. The summed E-state index contributed by atoms with van der Waals surface area (Å²) in [5.41, 5.74) is 1.17. The van der Waals surface area contributed by atoms with Gasteiger partial charge in [0.05, 0.1) is 16.3 Å². The Bertz CT molecular complexity index is 624. The summed E-state index contributed by atoms with van der Waals surface area (Å²) >= 11 is 6.20. The summed E-state index contributed by atoms with van der Waals surface area (Å²) in [6, 6.07) is 5.27. The zero-order chi connectivity index (χ0) is 14.7. The molecule has 1 saturated heterocycles. The first-order valence-electron chi connectivity index (χ1n) is 6.78. The molecule has 1 aliphatic heterocycles. The van der Waals surface area contributed by atoms with Gasteiger partial charge in [-0.2, -0.15) is 0 Å². The highest BCUT2D eigenvalue weighted by molar-refractivity contribution is 6.34. The Kier molecular flexibility index (Phi) is 4.12. The van der Waals surface area contributed by atoms with Crippen LogP contribution in [0.25, 0.3) is 5.69 Å². The Morgan fingerprint density at radius 2 is 2.38 bits per heavy atom. The smallest absolute Gasteiger partial charge is 0.253 e. The SMILES string of the molecule is O=C(N[C@H]1CCCNC1)c1ccc(-n2cnnn2)cc1Cl. The molecule has 1 aromatic carbocycles. The molecule has 2 aromatic rings. The Hall–Kier alpha value is -1.99. The maximum absolute atomic E-state index is 12.3. The first kappa shape index (κ1) is 14.0. The van der Waals surface area contributed by atoms with E-state index in [0.29, 0.717) is 16.3 Å². The Balaban J connectivity index is 1.74. The summed E-state index contributed by atoms with van der Waals surface area (Å²) in [5.74, 6) is -0.156. The number of hydrogen-bond acceptors (Lipinski definition) is 5. The number of nitrogens with zero attached hydrogens (tertiary/aromatic N) is 4. The third-order valence-electron chi connectivity index (χ3n) is 3.44. The molecule has 1 aliphatic rings. The van der Waals surface area contributed by atoms with E-state index in [-0.39, 0.29) is 11.9 Å². The van der Waals surface area contributed by atoms with Crippen LogP contribution in [0.3, 0.4) is 0 Å². The van der Waals surface area contributed by atoms with Crippen LogP contribution >= 0.6 is 11.6 Å². The topological polar surface area (TPSA) is 84.7 Å². The predicted molar refractivity (Wildman–Crippen MR) is 77.5 cm³/mol.